The van der Waals surface area contributed by atoms with Gasteiger partial charge < -0.3 is 0 Å². The number of anilines is 1. The molecule has 0 aliphatic carbocycles. The number of hydrogen-bond acceptors (Lipinski definition) is 4. The summed E-state index contributed by atoms with van der Waals surface area (Å²) in [6.07, 6.45) is 3.11. The fourth-order valence-electron chi connectivity index (χ4n) is 1.95. The zero-order valence-electron chi connectivity index (χ0n) is 11.0. The third-order valence-electron chi connectivity index (χ3n) is 2.94. The summed E-state index contributed by atoms with van der Waals surface area (Å²) in [6.45, 7) is 1.76. The van der Waals surface area contributed by atoms with E-state index in [-0.39, 0.29) is 16.0 Å². The zero-order chi connectivity index (χ0) is 15.0. The average molecular weight is 323 g/mol. The van der Waals surface area contributed by atoms with Crippen molar-refractivity contribution in [2.24, 2.45) is 0 Å². The van der Waals surface area contributed by atoms with Crippen molar-refractivity contribution in [2.45, 2.75) is 11.9 Å². The van der Waals surface area contributed by atoms with E-state index in [1.54, 1.807) is 43.5 Å². The fraction of sp³-hybridized carbons (Fsp3) is 0.0769. The first-order chi connectivity index (χ1) is 9.99. The first-order valence-corrected chi connectivity index (χ1v) is 7.92. The molecule has 0 radical (unpaired) electrons. The minimum absolute atomic E-state index is 0.0812. The van der Waals surface area contributed by atoms with E-state index in [4.69, 9.17) is 11.6 Å². The molecule has 3 aromatic heterocycles. The molecule has 0 aliphatic heterocycles. The lowest BCUT2D eigenvalue weighted by atomic mass is 10.3. The van der Waals surface area contributed by atoms with Crippen LogP contribution in [-0.2, 0) is 10.0 Å². The second kappa shape index (κ2) is 5.01. The van der Waals surface area contributed by atoms with Crippen molar-refractivity contribution in [1.29, 1.82) is 0 Å². The topological polar surface area (TPSA) is 76.4 Å². The SMILES string of the molecule is Cc1cccnc1NS(=O)(=O)c1c(Cl)nc2ccccn12. The van der Waals surface area contributed by atoms with Gasteiger partial charge in [0.05, 0.1) is 0 Å². The second-order valence-corrected chi connectivity index (χ2v) is 6.37. The van der Waals surface area contributed by atoms with Crippen molar-refractivity contribution in [3.05, 3.63) is 53.4 Å². The van der Waals surface area contributed by atoms with Gasteiger partial charge in [0.2, 0.25) is 0 Å². The Morgan fingerprint density at radius 3 is 2.81 bits per heavy atom. The highest BCUT2D eigenvalue weighted by atomic mass is 35.5. The molecule has 1 N–H and O–H groups in total. The van der Waals surface area contributed by atoms with Gasteiger partial charge in [0.1, 0.15) is 11.5 Å². The normalized spacial score (nSPS) is 11.7. The minimum atomic E-state index is -3.89. The van der Waals surface area contributed by atoms with Crippen molar-refractivity contribution in [2.75, 3.05) is 4.72 Å². The largest absolute Gasteiger partial charge is 0.288 e. The Morgan fingerprint density at radius 1 is 1.24 bits per heavy atom. The Bertz CT molecular complexity index is 921. The summed E-state index contributed by atoms with van der Waals surface area (Å²) >= 11 is 5.99. The van der Waals surface area contributed by atoms with Crippen LogP contribution in [0, 0.1) is 6.92 Å². The lowest BCUT2D eigenvalue weighted by molar-refractivity contribution is 0.596. The Balaban J connectivity index is 2.13. The van der Waals surface area contributed by atoms with Crippen molar-refractivity contribution < 1.29 is 8.42 Å². The van der Waals surface area contributed by atoms with E-state index in [0.717, 1.165) is 0 Å². The van der Waals surface area contributed by atoms with Crippen LogP contribution in [-0.4, -0.2) is 22.8 Å². The van der Waals surface area contributed by atoms with Crippen molar-refractivity contribution >= 4 is 33.1 Å². The third-order valence-corrected chi connectivity index (χ3v) is 4.68. The third kappa shape index (κ3) is 2.45. The Hall–Kier alpha value is -2.12. The summed E-state index contributed by atoms with van der Waals surface area (Å²) in [5, 5.41) is -0.188. The molecular formula is C13H11ClN4O2S. The quantitative estimate of drug-likeness (QED) is 0.803. The van der Waals surface area contributed by atoms with Crippen molar-refractivity contribution in [1.82, 2.24) is 14.4 Å². The number of halogens is 1. The van der Waals surface area contributed by atoms with Crippen LogP contribution in [0.4, 0.5) is 5.82 Å². The summed E-state index contributed by atoms with van der Waals surface area (Å²) in [5.74, 6) is 0.263. The van der Waals surface area contributed by atoms with Crippen molar-refractivity contribution in [3.8, 4) is 0 Å². The van der Waals surface area contributed by atoms with E-state index >= 15 is 0 Å². The lowest BCUT2D eigenvalue weighted by Crippen LogP contribution is -2.17. The van der Waals surface area contributed by atoms with Gasteiger partial charge in [-0.15, -0.1) is 0 Å². The van der Waals surface area contributed by atoms with Crippen LogP contribution >= 0.6 is 11.6 Å². The van der Waals surface area contributed by atoms with Crippen molar-refractivity contribution in [3.63, 3.8) is 0 Å². The van der Waals surface area contributed by atoms with Crippen LogP contribution in [0.15, 0.2) is 47.8 Å². The van der Waals surface area contributed by atoms with Gasteiger partial charge in [0.25, 0.3) is 10.0 Å². The van der Waals surface area contributed by atoms with Gasteiger partial charge in [-0.1, -0.05) is 23.7 Å². The summed E-state index contributed by atoms with van der Waals surface area (Å²) in [4.78, 5) is 8.05. The van der Waals surface area contributed by atoms with Crippen LogP contribution in [0.3, 0.4) is 0 Å². The Labute approximate surface area is 126 Å². The fourth-order valence-corrected chi connectivity index (χ4v) is 3.68. The number of aromatic nitrogens is 3. The molecule has 3 rings (SSSR count). The van der Waals surface area contributed by atoms with E-state index in [0.29, 0.717) is 11.2 Å². The summed E-state index contributed by atoms with van der Waals surface area (Å²) in [7, 11) is -3.89. The molecular weight excluding hydrogens is 312 g/mol. The number of fused-ring (bicyclic) bond motifs is 1. The predicted molar refractivity (Wildman–Crippen MR) is 80.0 cm³/mol. The van der Waals surface area contributed by atoms with E-state index in [1.807, 2.05) is 0 Å². The van der Waals surface area contributed by atoms with E-state index < -0.39 is 10.0 Å². The van der Waals surface area contributed by atoms with Gasteiger partial charge in [-0.2, -0.15) is 8.42 Å². The standard InChI is InChI=1S/C13H11ClN4O2S/c1-9-5-4-7-15-12(9)17-21(19,20)13-11(14)16-10-6-2-3-8-18(10)13/h2-8H,1H3,(H,15,17). The molecule has 0 saturated carbocycles. The lowest BCUT2D eigenvalue weighted by Gasteiger charge is -2.09. The molecule has 108 valence electrons. The van der Waals surface area contributed by atoms with Gasteiger partial charge in [0.15, 0.2) is 10.2 Å². The number of nitrogens with one attached hydrogen (secondary N) is 1. The molecule has 3 aromatic rings. The molecule has 21 heavy (non-hydrogen) atoms. The second-order valence-electron chi connectivity index (χ2n) is 4.41. The van der Waals surface area contributed by atoms with Crippen LogP contribution in [0.25, 0.3) is 5.65 Å². The number of sulfonamides is 1. The molecule has 8 heteroatoms. The highest BCUT2D eigenvalue weighted by molar-refractivity contribution is 7.92. The maximum absolute atomic E-state index is 12.6. The number of hydrogen-bond donors (Lipinski definition) is 1. The Kier molecular flexibility index (Phi) is 3.30. The maximum Gasteiger partial charge on any atom is 0.282 e. The minimum Gasteiger partial charge on any atom is -0.288 e. The van der Waals surface area contributed by atoms with Gasteiger partial charge in [-0.05, 0) is 30.7 Å². The van der Waals surface area contributed by atoms with E-state index in [1.165, 1.54) is 10.6 Å². The smallest absolute Gasteiger partial charge is 0.282 e. The predicted octanol–water partition coefficient (Wildman–Crippen LogP) is 2.49. The molecule has 0 bridgehead atoms. The highest BCUT2D eigenvalue weighted by Crippen LogP contribution is 2.25. The molecule has 0 atom stereocenters. The molecule has 6 nitrogen and oxygen atoms in total. The number of nitrogens with zero attached hydrogens (tertiary/aromatic N) is 3. The molecule has 0 amide bonds. The average Bonchev–Trinajstić information content (AvgIpc) is 2.77. The van der Waals surface area contributed by atoms with E-state index in [9.17, 15) is 8.42 Å². The summed E-state index contributed by atoms with van der Waals surface area (Å²) in [6, 6.07) is 8.63. The number of pyridine rings is 2. The molecule has 0 fully saturated rings. The van der Waals surface area contributed by atoms with Crippen LogP contribution < -0.4 is 4.72 Å². The zero-order valence-corrected chi connectivity index (χ0v) is 12.6. The molecule has 0 aliphatic rings. The van der Waals surface area contributed by atoms with Gasteiger partial charge in [0, 0.05) is 12.4 Å². The number of imidazole rings is 1. The maximum atomic E-state index is 12.6. The molecule has 3 heterocycles. The van der Waals surface area contributed by atoms with E-state index in [2.05, 4.69) is 14.7 Å². The highest BCUT2D eigenvalue weighted by Gasteiger charge is 2.25. The van der Waals surface area contributed by atoms with Crippen LogP contribution in [0.5, 0.6) is 0 Å². The van der Waals surface area contributed by atoms with Crippen LogP contribution in [0.2, 0.25) is 5.15 Å². The molecule has 0 aromatic carbocycles. The summed E-state index contributed by atoms with van der Waals surface area (Å²) < 4.78 is 29.0. The number of rotatable bonds is 3. The van der Waals surface area contributed by atoms with Gasteiger partial charge in [-0.25, -0.2) is 9.97 Å². The van der Waals surface area contributed by atoms with Gasteiger partial charge >= 0.3 is 0 Å². The molecule has 0 spiro atoms. The van der Waals surface area contributed by atoms with Crippen LogP contribution in [0.1, 0.15) is 5.56 Å². The first kappa shape index (κ1) is 13.8. The van der Waals surface area contributed by atoms with Gasteiger partial charge in [-0.3, -0.25) is 9.12 Å². The molecule has 0 saturated heterocycles. The first-order valence-electron chi connectivity index (χ1n) is 6.06. The number of aryl methyl sites for hydroxylation is 1. The molecule has 0 unspecified atom stereocenters. The monoisotopic (exact) mass is 322 g/mol. The summed E-state index contributed by atoms with van der Waals surface area (Å²) in [5.41, 5.74) is 1.17. The Morgan fingerprint density at radius 2 is 2.05 bits per heavy atom.